The summed E-state index contributed by atoms with van der Waals surface area (Å²) in [5, 5.41) is 3.72. The van der Waals surface area contributed by atoms with Gasteiger partial charge in [0.25, 0.3) is 5.91 Å². The van der Waals surface area contributed by atoms with Gasteiger partial charge >= 0.3 is 5.97 Å². The summed E-state index contributed by atoms with van der Waals surface area (Å²) < 4.78 is 15.7. The molecule has 7 heteroatoms. The summed E-state index contributed by atoms with van der Waals surface area (Å²) in [5.74, 6) is 0.167. The number of carbonyl (C=O) groups is 2. The molecule has 160 valence electrons. The summed E-state index contributed by atoms with van der Waals surface area (Å²) >= 11 is 0. The Hall–Kier alpha value is -3.87. The third-order valence-corrected chi connectivity index (χ3v) is 4.64. The second kappa shape index (κ2) is 10.2. The summed E-state index contributed by atoms with van der Waals surface area (Å²) in [6, 6.07) is 14.8. The Labute approximate surface area is 180 Å². The minimum Gasteiger partial charge on any atom is -0.493 e. The Morgan fingerprint density at radius 3 is 2.61 bits per heavy atom. The molecule has 31 heavy (non-hydrogen) atoms. The Morgan fingerprint density at radius 2 is 1.84 bits per heavy atom. The second-order valence-electron chi connectivity index (χ2n) is 6.74. The molecule has 1 amide bonds. The quantitative estimate of drug-likeness (QED) is 0.443. The maximum absolute atomic E-state index is 12.3. The number of methoxy groups -OCH3 is 2. The molecular formula is C24H24N2O5. The van der Waals surface area contributed by atoms with Gasteiger partial charge in [-0.15, -0.1) is 0 Å². The van der Waals surface area contributed by atoms with E-state index in [1.807, 2.05) is 36.4 Å². The number of nitrogens with zero attached hydrogens (tertiary/aromatic N) is 1. The minimum atomic E-state index is -0.942. The third-order valence-electron chi connectivity index (χ3n) is 4.64. The lowest BCUT2D eigenvalue weighted by molar-refractivity contribution is -0.150. The molecule has 2 aromatic carbocycles. The highest BCUT2D eigenvalue weighted by Gasteiger charge is 2.16. The number of pyridine rings is 1. The van der Waals surface area contributed by atoms with E-state index >= 15 is 0 Å². The number of ether oxygens (including phenoxy) is 3. The van der Waals surface area contributed by atoms with Crippen LogP contribution in [-0.2, 0) is 20.9 Å². The van der Waals surface area contributed by atoms with Crippen LogP contribution in [0, 0.1) is 0 Å². The molecule has 3 aromatic rings. The van der Waals surface area contributed by atoms with Crippen molar-refractivity contribution in [2.24, 2.45) is 0 Å². The van der Waals surface area contributed by atoms with Gasteiger partial charge in [-0.2, -0.15) is 0 Å². The molecule has 0 fully saturated rings. The fourth-order valence-electron chi connectivity index (χ4n) is 3.01. The zero-order chi connectivity index (χ0) is 22.2. The Bertz CT molecular complexity index is 1100. The van der Waals surface area contributed by atoms with Crippen LogP contribution in [0.4, 0.5) is 0 Å². The predicted molar refractivity (Wildman–Crippen MR) is 118 cm³/mol. The first kappa shape index (κ1) is 21.8. The molecule has 0 aliphatic carbocycles. The van der Waals surface area contributed by atoms with Gasteiger partial charge in [-0.05, 0) is 36.8 Å². The van der Waals surface area contributed by atoms with E-state index in [1.54, 1.807) is 38.6 Å². The summed E-state index contributed by atoms with van der Waals surface area (Å²) in [5.41, 5.74) is 2.41. The number of benzene rings is 2. The minimum absolute atomic E-state index is 0.262. The smallest absolute Gasteiger partial charge is 0.331 e. The molecule has 1 aromatic heterocycles. The van der Waals surface area contributed by atoms with E-state index in [4.69, 9.17) is 14.2 Å². The van der Waals surface area contributed by atoms with E-state index in [0.29, 0.717) is 11.5 Å². The summed E-state index contributed by atoms with van der Waals surface area (Å²) in [4.78, 5) is 28.8. The first-order valence-corrected chi connectivity index (χ1v) is 9.73. The molecule has 3 rings (SSSR count). The van der Waals surface area contributed by atoms with Gasteiger partial charge in [0.1, 0.15) is 0 Å². The SMILES string of the molecule is COc1ccc(CNC(=O)C(C)OC(=O)C=Cc2cccc3cccnc23)cc1OC. The van der Waals surface area contributed by atoms with Crippen LogP contribution < -0.4 is 14.8 Å². The zero-order valence-electron chi connectivity index (χ0n) is 17.6. The monoisotopic (exact) mass is 420 g/mol. The van der Waals surface area contributed by atoms with Gasteiger partial charge in [0.2, 0.25) is 0 Å². The van der Waals surface area contributed by atoms with Crippen molar-refractivity contribution in [3.8, 4) is 11.5 Å². The molecule has 0 radical (unpaired) electrons. The van der Waals surface area contributed by atoms with Gasteiger partial charge in [0.05, 0.1) is 19.7 Å². The van der Waals surface area contributed by atoms with Crippen LogP contribution in [0.3, 0.4) is 0 Å². The van der Waals surface area contributed by atoms with Gasteiger partial charge in [-0.1, -0.05) is 30.3 Å². The van der Waals surface area contributed by atoms with Crippen molar-refractivity contribution in [2.45, 2.75) is 19.6 Å². The number of carbonyl (C=O) groups excluding carboxylic acids is 2. The number of fused-ring (bicyclic) bond motifs is 1. The maximum atomic E-state index is 12.3. The number of amides is 1. The van der Waals surface area contributed by atoms with Gasteiger partial charge in [-0.3, -0.25) is 9.78 Å². The average molecular weight is 420 g/mol. The summed E-state index contributed by atoms with van der Waals surface area (Å²) in [6.07, 6.45) is 3.68. The van der Waals surface area contributed by atoms with Crippen molar-refractivity contribution in [1.82, 2.24) is 10.3 Å². The van der Waals surface area contributed by atoms with E-state index in [9.17, 15) is 9.59 Å². The number of hydrogen-bond donors (Lipinski definition) is 1. The van der Waals surface area contributed by atoms with Gasteiger partial charge < -0.3 is 19.5 Å². The highest BCUT2D eigenvalue weighted by molar-refractivity contribution is 5.94. The average Bonchev–Trinajstić information content (AvgIpc) is 2.80. The lowest BCUT2D eigenvalue weighted by atomic mass is 10.1. The topological polar surface area (TPSA) is 86.8 Å². The molecular weight excluding hydrogens is 396 g/mol. The van der Waals surface area contributed by atoms with Crippen LogP contribution in [-0.4, -0.2) is 37.2 Å². The van der Waals surface area contributed by atoms with E-state index in [0.717, 1.165) is 22.0 Å². The van der Waals surface area contributed by atoms with E-state index in [2.05, 4.69) is 10.3 Å². The lowest BCUT2D eigenvalue weighted by Crippen LogP contribution is -2.35. The second-order valence-corrected chi connectivity index (χ2v) is 6.74. The predicted octanol–water partition coefficient (Wildman–Crippen LogP) is 3.51. The van der Waals surface area contributed by atoms with Crippen molar-refractivity contribution >= 4 is 28.9 Å². The molecule has 0 saturated heterocycles. The molecule has 1 unspecified atom stereocenters. The highest BCUT2D eigenvalue weighted by atomic mass is 16.5. The molecule has 7 nitrogen and oxygen atoms in total. The maximum Gasteiger partial charge on any atom is 0.331 e. The fraction of sp³-hybridized carbons (Fsp3) is 0.208. The van der Waals surface area contributed by atoms with Crippen LogP contribution in [0.25, 0.3) is 17.0 Å². The third kappa shape index (κ3) is 5.60. The van der Waals surface area contributed by atoms with Crippen molar-refractivity contribution in [1.29, 1.82) is 0 Å². The van der Waals surface area contributed by atoms with Crippen molar-refractivity contribution in [2.75, 3.05) is 14.2 Å². The Balaban J connectivity index is 1.55. The van der Waals surface area contributed by atoms with Crippen LogP contribution in [0.15, 0.2) is 60.8 Å². The van der Waals surface area contributed by atoms with Crippen molar-refractivity contribution in [3.05, 3.63) is 71.9 Å². The Kier molecular flexibility index (Phi) is 7.22. The Morgan fingerprint density at radius 1 is 1.06 bits per heavy atom. The number of aromatic nitrogens is 1. The normalized spacial score (nSPS) is 11.8. The van der Waals surface area contributed by atoms with Crippen molar-refractivity contribution in [3.63, 3.8) is 0 Å². The van der Waals surface area contributed by atoms with Crippen molar-refractivity contribution < 1.29 is 23.8 Å². The fourth-order valence-corrected chi connectivity index (χ4v) is 3.01. The molecule has 0 bridgehead atoms. The van der Waals surface area contributed by atoms with E-state index < -0.39 is 18.0 Å². The first-order chi connectivity index (χ1) is 15.0. The number of nitrogens with one attached hydrogen (secondary N) is 1. The summed E-state index contributed by atoms with van der Waals surface area (Å²) in [6.45, 7) is 1.79. The molecule has 0 saturated carbocycles. The number of para-hydroxylation sites is 1. The lowest BCUT2D eigenvalue weighted by Gasteiger charge is -2.13. The molecule has 1 atom stereocenters. The molecule has 1 heterocycles. The van der Waals surface area contributed by atoms with Gasteiger partial charge in [-0.25, -0.2) is 4.79 Å². The first-order valence-electron chi connectivity index (χ1n) is 9.73. The van der Waals surface area contributed by atoms with E-state index in [-0.39, 0.29) is 6.54 Å². The molecule has 0 aliphatic rings. The largest absolute Gasteiger partial charge is 0.493 e. The zero-order valence-corrected chi connectivity index (χ0v) is 17.6. The van der Waals surface area contributed by atoms with Crippen LogP contribution >= 0.6 is 0 Å². The molecule has 0 spiro atoms. The van der Waals surface area contributed by atoms with Crippen LogP contribution in [0.5, 0.6) is 11.5 Å². The summed E-state index contributed by atoms with van der Waals surface area (Å²) in [7, 11) is 3.10. The van der Waals surface area contributed by atoms with Crippen LogP contribution in [0.2, 0.25) is 0 Å². The number of rotatable bonds is 8. The van der Waals surface area contributed by atoms with E-state index in [1.165, 1.54) is 13.0 Å². The van der Waals surface area contributed by atoms with Gasteiger partial charge in [0, 0.05) is 29.8 Å². The molecule has 0 aliphatic heterocycles. The number of esters is 1. The molecule has 1 N–H and O–H groups in total. The van der Waals surface area contributed by atoms with Crippen LogP contribution in [0.1, 0.15) is 18.1 Å². The number of hydrogen-bond acceptors (Lipinski definition) is 6. The van der Waals surface area contributed by atoms with Gasteiger partial charge in [0.15, 0.2) is 17.6 Å². The standard InChI is InChI=1S/C24H24N2O5/c1-16(24(28)26-15-17-9-11-20(29-2)21(14-17)30-3)31-22(27)12-10-19-7-4-6-18-8-5-13-25-23(18)19/h4-14,16H,15H2,1-3H3,(H,26,28). The highest BCUT2D eigenvalue weighted by Crippen LogP contribution is 2.27.